The number of rotatable bonds is 6. The summed E-state index contributed by atoms with van der Waals surface area (Å²) in [6.45, 7) is 2.45. The van der Waals surface area contributed by atoms with Gasteiger partial charge in [0, 0.05) is 30.2 Å². The van der Waals surface area contributed by atoms with Crippen LogP contribution in [0.3, 0.4) is 0 Å². The summed E-state index contributed by atoms with van der Waals surface area (Å²) in [6.07, 6.45) is 1.83. The van der Waals surface area contributed by atoms with Crippen molar-refractivity contribution in [2.45, 2.75) is 31.9 Å². The van der Waals surface area contributed by atoms with E-state index in [1.165, 1.54) is 6.07 Å². The number of ether oxygens (including phenoxy) is 1. The monoisotopic (exact) mass is 315 g/mol. The highest BCUT2D eigenvalue weighted by molar-refractivity contribution is 6.30. The topological polar surface area (TPSA) is 49.8 Å². The Hall–Kier alpha value is -1.17. The van der Waals surface area contributed by atoms with Crippen molar-refractivity contribution in [1.29, 1.82) is 0 Å². The van der Waals surface area contributed by atoms with E-state index in [1.54, 1.807) is 12.1 Å². The normalized spacial score (nSPS) is 17.0. The van der Waals surface area contributed by atoms with Gasteiger partial charge in [0.1, 0.15) is 5.82 Å². The van der Waals surface area contributed by atoms with E-state index in [4.69, 9.17) is 21.4 Å². The zero-order chi connectivity index (χ0) is 15.2. The van der Waals surface area contributed by atoms with Crippen molar-refractivity contribution in [2.24, 2.45) is 0 Å². The van der Waals surface area contributed by atoms with Gasteiger partial charge in [0.15, 0.2) is 0 Å². The molecule has 1 aromatic carbocycles. The molecular weight excluding hydrogens is 297 g/mol. The summed E-state index contributed by atoms with van der Waals surface area (Å²) in [4.78, 5) is 12.6. The fourth-order valence-corrected chi connectivity index (χ4v) is 2.60. The molecule has 0 atom stereocenters. The Kier molecular flexibility index (Phi) is 5.96. The van der Waals surface area contributed by atoms with Crippen molar-refractivity contribution in [3.05, 3.63) is 34.6 Å². The number of hydrogen-bond donors (Lipinski definition) is 1. The molecule has 1 N–H and O–H groups in total. The molecule has 0 saturated carbocycles. The van der Waals surface area contributed by atoms with Crippen LogP contribution in [0.5, 0.6) is 0 Å². The van der Waals surface area contributed by atoms with Crippen LogP contribution in [-0.2, 0) is 16.1 Å². The third-order valence-electron chi connectivity index (χ3n) is 3.61. The molecule has 0 radical (unpaired) electrons. The Morgan fingerprint density at radius 1 is 1.43 bits per heavy atom. The molecular formula is C15H19ClFNO3. The van der Waals surface area contributed by atoms with Crippen molar-refractivity contribution >= 4 is 17.6 Å². The van der Waals surface area contributed by atoms with Gasteiger partial charge in [-0.3, -0.25) is 9.69 Å². The lowest BCUT2D eigenvalue weighted by atomic mass is 10.1. The molecule has 1 aliphatic heterocycles. The van der Waals surface area contributed by atoms with Crippen LogP contribution in [0.15, 0.2) is 18.2 Å². The van der Waals surface area contributed by atoms with Gasteiger partial charge in [-0.25, -0.2) is 4.39 Å². The molecule has 1 fully saturated rings. The summed E-state index contributed by atoms with van der Waals surface area (Å²) in [5.41, 5.74) is 0.643. The van der Waals surface area contributed by atoms with E-state index in [0.29, 0.717) is 17.1 Å². The van der Waals surface area contributed by atoms with Crippen LogP contribution in [0.2, 0.25) is 5.02 Å². The van der Waals surface area contributed by atoms with Crippen LogP contribution in [0.1, 0.15) is 24.8 Å². The van der Waals surface area contributed by atoms with Crippen molar-refractivity contribution in [1.82, 2.24) is 4.90 Å². The summed E-state index contributed by atoms with van der Waals surface area (Å²) in [6, 6.07) is 4.74. The molecule has 1 aliphatic rings. The van der Waals surface area contributed by atoms with Gasteiger partial charge in [0.05, 0.1) is 19.1 Å². The second-order valence-corrected chi connectivity index (χ2v) is 5.66. The maximum Gasteiger partial charge on any atom is 0.305 e. The molecule has 1 saturated heterocycles. The SMILES string of the molecule is O=C(O)CCOC1CCN(Cc2ccc(Cl)cc2F)CC1. The number of likely N-dealkylation sites (tertiary alicyclic amines) is 1. The minimum Gasteiger partial charge on any atom is -0.481 e. The first-order chi connectivity index (χ1) is 10.0. The highest BCUT2D eigenvalue weighted by atomic mass is 35.5. The smallest absolute Gasteiger partial charge is 0.305 e. The highest BCUT2D eigenvalue weighted by Crippen LogP contribution is 2.20. The number of piperidine rings is 1. The number of hydrogen-bond acceptors (Lipinski definition) is 3. The average molecular weight is 316 g/mol. The standard InChI is InChI=1S/C15H19ClFNO3/c16-12-2-1-11(14(17)9-12)10-18-6-3-13(4-7-18)21-8-5-15(19)20/h1-2,9,13H,3-8,10H2,(H,19,20). The number of benzene rings is 1. The second-order valence-electron chi connectivity index (χ2n) is 5.23. The number of aliphatic carboxylic acids is 1. The fraction of sp³-hybridized carbons (Fsp3) is 0.533. The molecule has 0 aromatic heterocycles. The molecule has 2 rings (SSSR count). The van der Waals surface area contributed by atoms with Gasteiger partial charge in [-0.05, 0) is 25.0 Å². The number of carboxylic acid groups (broad SMARTS) is 1. The molecule has 0 aliphatic carbocycles. The molecule has 6 heteroatoms. The summed E-state index contributed by atoms with van der Waals surface area (Å²) in [5.74, 6) is -1.12. The van der Waals surface area contributed by atoms with Gasteiger partial charge in [0.25, 0.3) is 0 Å². The quantitative estimate of drug-likeness (QED) is 0.877. The number of halogens is 2. The highest BCUT2D eigenvalue weighted by Gasteiger charge is 2.20. The summed E-state index contributed by atoms with van der Waals surface area (Å²) in [5, 5.41) is 8.97. The summed E-state index contributed by atoms with van der Waals surface area (Å²) < 4.78 is 19.3. The average Bonchev–Trinajstić information content (AvgIpc) is 2.43. The molecule has 0 unspecified atom stereocenters. The summed E-state index contributed by atoms with van der Waals surface area (Å²) in [7, 11) is 0. The molecule has 1 heterocycles. The van der Waals surface area contributed by atoms with Gasteiger partial charge < -0.3 is 9.84 Å². The van der Waals surface area contributed by atoms with E-state index in [1.807, 2.05) is 0 Å². The van der Waals surface area contributed by atoms with Gasteiger partial charge >= 0.3 is 5.97 Å². The van der Waals surface area contributed by atoms with Crippen molar-refractivity contribution in [2.75, 3.05) is 19.7 Å². The number of carboxylic acids is 1. The molecule has 0 amide bonds. The van der Waals surface area contributed by atoms with E-state index in [-0.39, 0.29) is 24.9 Å². The van der Waals surface area contributed by atoms with Crippen LogP contribution in [0.4, 0.5) is 4.39 Å². The maximum atomic E-state index is 13.7. The number of carbonyl (C=O) groups is 1. The molecule has 4 nitrogen and oxygen atoms in total. The Labute approximate surface area is 128 Å². The number of nitrogens with zero attached hydrogens (tertiary/aromatic N) is 1. The Bertz CT molecular complexity index is 490. The van der Waals surface area contributed by atoms with Gasteiger partial charge in [-0.15, -0.1) is 0 Å². The minimum atomic E-state index is -0.842. The minimum absolute atomic E-state index is 0.0379. The molecule has 21 heavy (non-hydrogen) atoms. The predicted molar refractivity (Wildman–Crippen MR) is 77.9 cm³/mol. The predicted octanol–water partition coefficient (Wildman–Crippen LogP) is 2.93. The van der Waals surface area contributed by atoms with E-state index >= 15 is 0 Å². The molecule has 0 bridgehead atoms. The van der Waals surface area contributed by atoms with Crippen molar-refractivity contribution in [3.63, 3.8) is 0 Å². The zero-order valence-corrected chi connectivity index (χ0v) is 12.5. The van der Waals surface area contributed by atoms with Crippen molar-refractivity contribution in [3.8, 4) is 0 Å². The lowest BCUT2D eigenvalue weighted by Crippen LogP contribution is -2.37. The first kappa shape index (κ1) is 16.2. The van der Waals surface area contributed by atoms with E-state index in [2.05, 4.69) is 4.90 Å². The fourth-order valence-electron chi connectivity index (χ4n) is 2.44. The second kappa shape index (κ2) is 7.73. The summed E-state index contributed by atoms with van der Waals surface area (Å²) >= 11 is 5.74. The third kappa shape index (κ3) is 5.26. The van der Waals surface area contributed by atoms with Crippen LogP contribution in [0.25, 0.3) is 0 Å². The Balaban J connectivity index is 1.75. The van der Waals surface area contributed by atoms with E-state index in [0.717, 1.165) is 25.9 Å². The van der Waals surface area contributed by atoms with Crippen LogP contribution in [0, 0.1) is 5.82 Å². The first-order valence-electron chi connectivity index (χ1n) is 7.04. The van der Waals surface area contributed by atoms with Crippen LogP contribution >= 0.6 is 11.6 Å². The lowest BCUT2D eigenvalue weighted by molar-refractivity contribution is -0.138. The molecule has 116 valence electrons. The molecule has 1 aromatic rings. The Morgan fingerprint density at radius 2 is 2.14 bits per heavy atom. The van der Waals surface area contributed by atoms with Gasteiger partial charge in [0.2, 0.25) is 0 Å². The van der Waals surface area contributed by atoms with E-state index < -0.39 is 5.97 Å². The van der Waals surface area contributed by atoms with Gasteiger partial charge in [-0.2, -0.15) is 0 Å². The van der Waals surface area contributed by atoms with Crippen LogP contribution in [-0.4, -0.2) is 41.8 Å². The zero-order valence-electron chi connectivity index (χ0n) is 11.7. The lowest BCUT2D eigenvalue weighted by Gasteiger charge is -2.31. The molecule has 0 spiro atoms. The van der Waals surface area contributed by atoms with Crippen LogP contribution < -0.4 is 0 Å². The Morgan fingerprint density at radius 3 is 2.76 bits per heavy atom. The third-order valence-corrected chi connectivity index (χ3v) is 3.85. The van der Waals surface area contributed by atoms with Gasteiger partial charge in [-0.1, -0.05) is 17.7 Å². The largest absolute Gasteiger partial charge is 0.481 e. The maximum absolute atomic E-state index is 13.7. The first-order valence-corrected chi connectivity index (χ1v) is 7.42. The van der Waals surface area contributed by atoms with E-state index in [9.17, 15) is 9.18 Å². The van der Waals surface area contributed by atoms with Crippen molar-refractivity contribution < 1.29 is 19.0 Å².